The minimum absolute atomic E-state index is 0.0190. The molecular formula is C33H52O4. The fourth-order valence-electron chi connectivity index (χ4n) is 10.5. The molecule has 0 aromatic rings. The van der Waals surface area contributed by atoms with E-state index >= 15 is 0 Å². The molecule has 1 spiro atoms. The molecular weight excluding hydrogens is 460 g/mol. The van der Waals surface area contributed by atoms with Crippen molar-refractivity contribution in [3.8, 4) is 0 Å². The van der Waals surface area contributed by atoms with Crippen molar-refractivity contribution in [2.45, 2.75) is 136 Å². The Labute approximate surface area is 225 Å². The number of rotatable bonds is 5. The first kappa shape index (κ1) is 26.4. The Morgan fingerprint density at radius 3 is 2.68 bits per heavy atom. The molecule has 5 fully saturated rings. The summed E-state index contributed by atoms with van der Waals surface area (Å²) in [4.78, 5) is 12.4. The van der Waals surface area contributed by atoms with Crippen LogP contribution < -0.4 is 0 Å². The minimum Gasteiger partial charge on any atom is -0.462 e. The Hall–Kier alpha value is -0.870. The van der Waals surface area contributed by atoms with Crippen molar-refractivity contribution in [2.75, 3.05) is 6.61 Å². The van der Waals surface area contributed by atoms with Gasteiger partial charge in [0, 0.05) is 25.2 Å². The van der Waals surface area contributed by atoms with E-state index < -0.39 is 0 Å². The van der Waals surface area contributed by atoms with Gasteiger partial charge >= 0.3 is 5.97 Å². The SMILES string of the molecule is CCCCCC(=O)O[C@@H]1CC[C@@]2(C)C(=CC[C@@H]3[C@H]4C[C@@H]5O[C@]6(CC[C@H](C)CO6)[C@@H](C)[C@@H]5[C@@]4(C)CC[C@H]32)C1. The van der Waals surface area contributed by atoms with Crippen molar-refractivity contribution < 1.29 is 19.0 Å². The summed E-state index contributed by atoms with van der Waals surface area (Å²) in [6.45, 7) is 13.0. The normalized spacial score (nSPS) is 50.6. The molecule has 208 valence electrons. The van der Waals surface area contributed by atoms with Crippen LogP contribution in [0.4, 0.5) is 0 Å². The molecule has 0 N–H and O–H groups in total. The van der Waals surface area contributed by atoms with Crippen LogP contribution in [0.3, 0.4) is 0 Å². The number of esters is 1. The molecule has 0 amide bonds. The highest BCUT2D eigenvalue weighted by Crippen LogP contribution is 2.70. The molecule has 11 atom stereocenters. The largest absolute Gasteiger partial charge is 0.462 e. The van der Waals surface area contributed by atoms with Crippen molar-refractivity contribution in [1.82, 2.24) is 0 Å². The quantitative estimate of drug-likeness (QED) is 0.214. The molecule has 0 bridgehead atoms. The molecule has 6 aliphatic rings. The van der Waals surface area contributed by atoms with Gasteiger partial charge in [-0.3, -0.25) is 4.79 Å². The summed E-state index contributed by atoms with van der Waals surface area (Å²) in [5.41, 5.74) is 2.25. The highest BCUT2D eigenvalue weighted by molar-refractivity contribution is 5.69. The van der Waals surface area contributed by atoms with Gasteiger partial charge in [-0.05, 0) is 91.8 Å². The average molecular weight is 513 g/mol. The summed E-state index contributed by atoms with van der Waals surface area (Å²) in [6, 6.07) is 0. The summed E-state index contributed by atoms with van der Waals surface area (Å²) in [5.74, 6) is 3.77. The van der Waals surface area contributed by atoms with Crippen LogP contribution in [-0.2, 0) is 19.0 Å². The lowest BCUT2D eigenvalue weighted by atomic mass is 9.47. The smallest absolute Gasteiger partial charge is 0.306 e. The third-order valence-corrected chi connectivity index (χ3v) is 12.6. The topological polar surface area (TPSA) is 44.8 Å². The van der Waals surface area contributed by atoms with Gasteiger partial charge < -0.3 is 14.2 Å². The van der Waals surface area contributed by atoms with E-state index in [2.05, 4.69) is 40.7 Å². The molecule has 6 rings (SSSR count). The number of carbonyl (C=O) groups is 1. The molecule has 0 radical (unpaired) electrons. The first-order valence-corrected chi connectivity index (χ1v) is 15.9. The van der Waals surface area contributed by atoms with Gasteiger partial charge in [-0.1, -0.05) is 59.1 Å². The van der Waals surface area contributed by atoms with Crippen molar-refractivity contribution in [2.24, 2.45) is 46.3 Å². The van der Waals surface area contributed by atoms with E-state index in [0.717, 1.165) is 62.9 Å². The molecule has 4 heteroatoms. The second kappa shape index (κ2) is 9.65. The number of allylic oxidation sites excluding steroid dienone is 1. The zero-order valence-corrected chi connectivity index (χ0v) is 24.2. The number of hydrogen-bond acceptors (Lipinski definition) is 4. The van der Waals surface area contributed by atoms with Crippen LogP contribution in [0.25, 0.3) is 0 Å². The van der Waals surface area contributed by atoms with Gasteiger partial charge in [-0.25, -0.2) is 0 Å². The van der Waals surface area contributed by atoms with Crippen LogP contribution in [0.2, 0.25) is 0 Å². The summed E-state index contributed by atoms with van der Waals surface area (Å²) in [6.07, 6.45) is 17.4. The lowest BCUT2D eigenvalue weighted by Crippen LogP contribution is -2.52. The third-order valence-electron chi connectivity index (χ3n) is 12.6. The zero-order chi connectivity index (χ0) is 26.0. The van der Waals surface area contributed by atoms with Gasteiger partial charge in [0.05, 0.1) is 12.7 Å². The standard InChI is InChI=1S/C33H52O4/c1-6-7-8-9-29(34)36-24-13-15-31(4)23(18-24)10-11-25-26(31)14-16-32(5)27(25)19-28-30(32)22(3)33(37-28)17-12-21(2)20-35-33/h10,21-22,24-28,30H,6-9,11-20H2,1-5H3/t21-,22-,24+,25-,26+,27+,28-,30-,31-,32-,33+/m0/s1. The Balaban J connectivity index is 1.15. The molecule has 0 aromatic carbocycles. The van der Waals surface area contributed by atoms with Crippen LogP contribution in [0, 0.1) is 46.3 Å². The first-order valence-electron chi connectivity index (χ1n) is 15.9. The van der Waals surface area contributed by atoms with E-state index in [1.807, 2.05) is 0 Å². The highest BCUT2D eigenvalue weighted by Gasteiger charge is 2.68. The highest BCUT2D eigenvalue weighted by atomic mass is 16.7. The predicted molar refractivity (Wildman–Crippen MR) is 146 cm³/mol. The van der Waals surface area contributed by atoms with Crippen molar-refractivity contribution in [3.63, 3.8) is 0 Å². The lowest BCUT2D eigenvalue weighted by Gasteiger charge is -2.58. The zero-order valence-electron chi connectivity index (χ0n) is 24.2. The second-order valence-corrected chi connectivity index (χ2v) is 14.6. The molecule has 0 aromatic heterocycles. The second-order valence-electron chi connectivity index (χ2n) is 14.6. The van der Waals surface area contributed by atoms with Crippen molar-refractivity contribution >= 4 is 5.97 Å². The Bertz CT molecular complexity index is 902. The van der Waals surface area contributed by atoms with E-state index in [9.17, 15) is 4.79 Å². The first-order chi connectivity index (χ1) is 17.7. The molecule has 37 heavy (non-hydrogen) atoms. The molecule has 4 aliphatic carbocycles. The van der Waals surface area contributed by atoms with Crippen LogP contribution in [0.5, 0.6) is 0 Å². The summed E-state index contributed by atoms with van der Waals surface area (Å²) in [5, 5.41) is 0. The van der Waals surface area contributed by atoms with Gasteiger partial charge in [0.25, 0.3) is 0 Å². The maximum atomic E-state index is 12.4. The molecule has 2 saturated heterocycles. The van der Waals surface area contributed by atoms with Crippen molar-refractivity contribution in [3.05, 3.63) is 11.6 Å². The number of carbonyl (C=O) groups excluding carboxylic acids is 1. The van der Waals surface area contributed by atoms with Gasteiger partial charge in [0.15, 0.2) is 5.79 Å². The summed E-state index contributed by atoms with van der Waals surface area (Å²) < 4.78 is 19.4. The van der Waals surface area contributed by atoms with Crippen molar-refractivity contribution in [1.29, 1.82) is 0 Å². The number of hydrogen-bond donors (Lipinski definition) is 0. The molecule has 2 aliphatic heterocycles. The summed E-state index contributed by atoms with van der Waals surface area (Å²) in [7, 11) is 0. The molecule has 0 unspecified atom stereocenters. The van der Waals surface area contributed by atoms with Gasteiger partial charge in [-0.15, -0.1) is 0 Å². The number of fused-ring (bicyclic) bond motifs is 7. The maximum Gasteiger partial charge on any atom is 0.306 e. The van der Waals surface area contributed by atoms with E-state index in [1.54, 1.807) is 5.57 Å². The summed E-state index contributed by atoms with van der Waals surface area (Å²) >= 11 is 0. The predicted octanol–water partition coefficient (Wildman–Crippen LogP) is 7.85. The lowest BCUT2D eigenvalue weighted by molar-refractivity contribution is -0.272. The van der Waals surface area contributed by atoms with Gasteiger partial charge in [0.1, 0.15) is 6.10 Å². The van der Waals surface area contributed by atoms with Crippen LogP contribution in [-0.4, -0.2) is 30.6 Å². The Morgan fingerprint density at radius 2 is 1.92 bits per heavy atom. The fourth-order valence-corrected chi connectivity index (χ4v) is 10.5. The minimum atomic E-state index is -0.315. The van der Waals surface area contributed by atoms with E-state index in [1.165, 1.54) is 38.5 Å². The van der Waals surface area contributed by atoms with Crippen LogP contribution in [0.1, 0.15) is 118 Å². The Morgan fingerprint density at radius 1 is 1.08 bits per heavy atom. The van der Waals surface area contributed by atoms with Gasteiger partial charge in [-0.2, -0.15) is 0 Å². The van der Waals surface area contributed by atoms with Crippen LogP contribution >= 0.6 is 0 Å². The molecule has 4 nitrogen and oxygen atoms in total. The van der Waals surface area contributed by atoms with E-state index in [4.69, 9.17) is 14.2 Å². The molecule has 3 saturated carbocycles. The maximum absolute atomic E-state index is 12.4. The number of unbranched alkanes of at least 4 members (excludes halogenated alkanes) is 2. The molecule has 2 heterocycles. The van der Waals surface area contributed by atoms with Gasteiger partial charge in [0.2, 0.25) is 0 Å². The third kappa shape index (κ3) is 4.17. The number of ether oxygens (including phenoxy) is 3. The van der Waals surface area contributed by atoms with E-state index in [0.29, 0.717) is 35.7 Å². The van der Waals surface area contributed by atoms with E-state index in [-0.39, 0.29) is 23.3 Å². The fraction of sp³-hybridized carbons (Fsp3) is 0.909. The van der Waals surface area contributed by atoms with Crippen LogP contribution in [0.15, 0.2) is 11.6 Å². The monoisotopic (exact) mass is 512 g/mol. The Kier molecular flexibility index (Phi) is 6.87. The average Bonchev–Trinajstić information content (AvgIpc) is 3.31.